The highest BCUT2D eigenvalue weighted by Crippen LogP contribution is 2.24. The van der Waals surface area contributed by atoms with Crippen LogP contribution < -0.4 is 5.32 Å². The summed E-state index contributed by atoms with van der Waals surface area (Å²) in [6, 6.07) is 20.6. The number of amides is 1. The lowest BCUT2D eigenvalue weighted by atomic mass is 9.98. The molecule has 2 N–H and O–H groups in total. The Bertz CT molecular complexity index is 1220. The van der Waals surface area contributed by atoms with Gasteiger partial charge >= 0.3 is 0 Å². The lowest BCUT2D eigenvalue weighted by molar-refractivity contribution is -0.384. The minimum atomic E-state index is -0.411. The number of fused-ring (bicyclic) bond motifs is 1. The van der Waals surface area contributed by atoms with E-state index in [1.54, 1.807) is 12.1 Å². The van der Waals surface area contributed by atoms with Gasteiger partial charge in [-0.3, -0.25) is 19.8 Å². The average molecular weight is 578 g/mol. The van der Waals surface area contributed by atoms with Crippen molar-refractivity contribution in [3.63, 3.8) is 0 Å². The Kier molecular flexibility index (Phi) is 12.6. The molecule has 0 spiro atoms. The molecule has 3 atom stereocenters. The highest BCUT2D eigenvalue weighted by molar-refractivity contribution is 6.07. The predicted octanol–water partition coefficient (Wildman–Crippen LogP) is 5.06. The van der Waals surface area contributed by atoms with Crippen molar-refractivity contribution in [2.45, 2.75) is 51.4 Å². The number of piperazine rings is 1. The van der Waals surface area contributed by atoms with E-state index in [0.29, 0.717) is 32.1 Å². The fourth-order valence-electron chi connectivity index (χ4n) is 5.21. The summed E-state index contributed by atoms with van der Waals surface area (Å²) in [5, 5.41) is 26.5. The summed E-state index contributed by atoms with van der Waals surface area (Å²) in [6.07, 6.45) is 1.70. The molecule has 1 aliphatic rings. The van der Waals surface area contributed by atoms with Gasteiger partial charge in [0.15, 0.2) is 0 Å². The highest BCUT2D eigenvalue weighted by Gasteiger charge is 2.33. The van der Waals surface area contributed by atoms with Crippen molar-refractivity contribution in [1.29, 1.82) is 0 Å². The zero-order chi connectivity index (χ0) is 26.4. The third kappa shape index (κ3) is 7.90. The molecule has 1 aliphatic heterocycles. The van der Waals surface area contributed by atoms with Crippen LogP contribution in [0.15, 0.2) is 66.7 Å². The lowest BCUT2D eigenvalue weighted by Gasteiger charge is -2.45. The van der Waals surface area contributed by atoms with E-state index >= 15 is 0 Å². The summed E-state index contributed by atoms with van der Waals surface area (Å²) in [5.41, 5.74) is 1.70. The Morgan fingerprint density at radius 1 is 1.08 bits per heavy atom. The van der Waals surface area contributed by atoms with Crippen LogP contribution in [-0.4, -0.2) is 70.1 Å². The van der Waals surface area contributed by atoms with Crippen molar-refractivity contribution in [2.24, 2.45) is 0 Å². The van der Waals surface area contributed by atoms with Crippen LogP contribution in [-0.2, 0) is 6.54 Å². The second kappa shape index (κ2) is 15.1. The second-order valence-corrected chi connectivity index (χ2v) is 9.85. The first kappa shape index (κ1) is 32.5. The average Bonchev–Trinajstić information content (AvgIpc) is 2.94. The highest BCUT2D eigenvalue weighted by atomic mass is 35.5. The van der Waals surface area contributed by atoms with Crippen molar-refractivity contribution in [2.75, 3.05) is 26.2 Å². The Labute approximate surface area is 242 Å². The summed E-state index contributed by atoms with van der Waals surface area (Å²) < 4.78 is 0. The van der Waals surface area contributed by atoms with Crippen molar-refractivity contribution in [3.05, 3.63) is 88.0 Å². The van der Waals surface area contributed by atoms with Crippen LogP contribution in [0, 0.1) is 10.1 Å². The van der Waals surface area contributed by atoms with Crippen LogP contribution in [0.5, 0.6) is 0 Å². The monoisotopic (exact) mass is 576 g/mol. The zero-order valence-corrected chi connectivity index (χ0v) is 24.0. The summed E-state index contributed by atoms with van der Waals surface area (Å²) in [7, 11) is 0. The van der Waals surface area contributed by atoms with Crippen LogP contribution >= 0.6 is 24.8 Å². The van der Waals surface area contributed by atoms with E-state index in [9.17, 15) is 20.0 Å². The van der Waals surface area contributed by atoms with Gasteiger partial charge in [0, 0.05) is 62.0 Å². The predicted molar refractivity (Wildman–Crippen MR) is 160 cm³/mol. The van der Waals surface area contributed by atoms with Crippen LogP contribution in [0.1, 0.15) is 42.6 Å². The van der Waals surface area contributed by atoms with Gasteiger partial charge < -0.3 is 15.3 Å². The molecule has 212 valence electrons. The molecule has 2 unspecified atom stereocenters. The molecule has 1 saturated heterocycles. The number of nitrogens with zero attached hydrogens (tertiary/aromatic N) is 3. The maximum atomic E-state index is 13.6. The lowest BCUT2D eigenvalue weighted by Crippen LogP contribution is -2.58. The van der Waals surface area contributed by atoms with E-state index in [1.165, 1.54) is 12.1 Å². The van der Waals surface area contributed by atoms with Crippen LogP contribution in [0.4, 0.5) is 5.69 Å². The normalized spacial score (nSPS) is 17.1. The van der Waals surface area contributed by atoms with Crippen molar-refractivity contribution < 1.29 is 14.8 Å². The molecule has 1 heterocycles. The summed E-state index contributed by atoms with van der Waals surface area (Å²) >= 11 is 0. The van der Waals surface area contributed by atoms with Gasteiger partial charge in [0.25, 0.3) is 11.6 Å². The van der Waals surface area contributed by atoms with Gasteiger partial charge in [-0.2, -0.15) is 0 Å². The maximum absolute atomic E-state index is 13.6. The fraction of sp³-hybridized carbons (Fsp3) is 0.414. The molecular weight excluding hydrogens is 539 g/mol. The summed E-state index contributed by atoms with van der Waals surface area (Å²) in [4.78, 5) is 28.6. The molecule has 0 radical (unpaired) electrons. The molecule has 1 fully saturated rings. The molecule has 0 aliphatic carbocycles. The number of nitro groups is 1. The standard InChI is InChI=1S/C29H36N4O4.2ClH/c1-3-21(2)32-16-15-31(29(35)28-10-6-8-23-7-4-5-9-27(23)28)19-26(32)17-24(20-34)30-18-22-11-13-25(14-12-22)33(36)37;;/h4-14,21,24,26,30,34H,3,15-20H2,1-2H3;2*1H/t21?,24?,26-;;/m0../s1. The minimum absolute atomic E-state index is 0. The summed E-state index contributed by atoms with van der Waals surface area (Å²) in [5.74, 6) is 0.0463. The SMILES string of the molecule is CCC(C)N1CCN(C(=O)c2cccc3ccccc23)C[C@@H]1CC(CO)NCc1ccc([N+](=O)[O-])cc1.Cl.Cl. The number of halogens is 2. The number of rotatable bonds is 10. The number of nitrogens with one attached hydrogen (secondary N) is 1. The molecule has 10 heteroatoms. The fourth-order valence-corrected chi connectivity index (χ4v) is 5.21. The number of benzene rings is 3. The summed E-state index contributed by atoms with van der Waals surface area (Å²) in [6.45, 7) is 6.91. The number of carbonyl (C=O) groups excluding carboxylic acids is 1. The van der Waals surface area contributed by atoms with Crippen molar-refractivity contribution in [1.82, 2.24) is 15.1 Å². The molecule has 8 nitrogen and oxygen atoms in total. The number of hydrogen-bond donors (Lipinski definition) is 2. The third-order valence-corrected chi connectivity index (χ3v) is 7.51. The van der Waals surface area contributed by atoms with E-state index in [-0.39, 0.29) is 55.1 Å². The topological polar surface area (TPSA) is 99.0 Å². The number of aliphatic hydroxyl groups excluding tert-OH is 1. The number of nitro benzene ring substituents is 1. The van der Waals surface area contributed by atoms with E-state index in [0.717, 1.165) is 34.9 Å². The Morgan fingerprint density at radius 2 is 1.77 bits per heavy atom. The molecule has 3 aromatic rings. The first-order chi connectivity index (χ1) is 17.9. The first-order valence-corrected chi connectivity index (χ1v) is 13.0. The van der Waals surface area contributed by atoms with Crippen molar-refractivity contribution in [3.8, 4) is 0 Å². The van der Waals surface area contributed by atoms with E-state index in [1.807, 2.05) is 47.4 Å². The van der Waals surface area contributed by atoms with E-state index in [4.69, 9.17) is 0 Å². The van der Waals surface area contributed by atoms with Crippen molar-refractivity contribution >= 4 is 47.2 Å². The minimum Gasteiger partial charge on any atom is -0.395 e. The number of aliphatic hydroxyl groups is 1. The Morgan fingerprint density at radius 3 is 2.44 bits per heavy atom. The van der Waals surface area contributed by atoms with Gasteiger partial charge in [0.2, 0.25) is 0 Å². The maximum Gasteiger partial charge on any atom is 0.269 e. The van der Waals surface area contributed by atoms with Gasteiger partial charge in [-0.05, 0) is 42.2 Å². The number of hydrogen-bond acceptors (Lipinski definition) is 6. The Hall–Kier alpha value is -2.75. The first-order valence-electron chi connectivity index (χ1n) is 13.0. The van der Waals surface area contributed by atoms with Gasteiger partial charge in [0.05, 0.1) is 11.5 Å². The van der Waals surface area contributed by atoms with E-state index in [2.05, 4.69) is 24.1 Å². The smallest absolute Gasteiger partial charge is 0.269 e. The van der Waals surface area contributed by atoms with Gasteiger partial charge in [-0.1, -0.05) is 55.5 Å². The molecule has 39 heavy (non-hydrogen) atoms. The molecule has 3 aromatic carbocycles. The van der Waals surface area contributed by atoms with Crippen LogP contribution in [0.3, 0.4) is 0 Å². The zero-order valence-electron chi connectivity index (χ0n) is 22.4. The number of non-ortho nitro benzene ring substituents is 1. The second-order valence-electron chi connectivity index (χ2n) is 9.85. The van der Waals surface area contributed by atoms with Crippen LogP contribution in [0.2, 0.25) is 0 Å². The molecular formula is C29H38Cl2N4O4. The van der Waals surface area contributed by atoms with Crippen LogP contribution in [0.25, 0.3) is 10.8 Å². The third-order valence-electron chi connectivity index (χ3n) is 7.51. The Balaban J connectivity index is 0.00000267. The molecule has 0 saturated carbocycles. The van der Waals surface area contributed by atoms with E-state index < -0.39 is 4.92 Å². The van der Waals surface area contributed by atoms with Gasteiger partial charge in [0.1, 0.15) is 0 Å². The molecule has 0 bridgehead atoms. The number of carbonyl (C=O) groups is 1. The quantitative estimate of drug-likeness (QED) is 0.258. The van der Waals surface area contributed by atoms with Gasteiger partial charge in [-0.15, -0.1) is 24.8 Å². The largest absolute Gasteiger partial charge is 0.395 e. The molecule has 1 amide bonds. The molecule has 0 aromatic heterocycles. The van der Waals surface area contributed by atoms with Gasteiger partial charge in [-0.25, -0.2) is 0 Å². The molecule has 4 rings (SSSR count).